The normalized spacial score (nSPS) is 10.7. The van der Waals surface area contributed by atoms with Crippen LogP contribution >= 0.6 is 23.2 Å². The van der Waals surface area contributed by atoms with E-state index < -0.39 is 0 Å². The van der Waals surface area contributed by atoms with E-state index in [1.165, 1.54) is 4.90 Å². The molecule has 1 N–H and O–H groups in total. The molecule has 1 heterocycles. The van der Waals surface area contributed by atoms with Gasteiger partial charge in [-0.2, -0.15) is 0 Å². The van der Waals surface area contributed by atoms with Crippen molar-refractivity contribution in [2.75, 3.05) is 25.5 Å². The average molecular weight is 523 g/mol. The van der Waals surface area contributed by atoms with Crippen molar-refractivity contribution in [2.24, 2.45) is 0 Å². The van der Waals surface area contributed by atoms with Crippen LogP contribution in [0.4, 0.5) is 5.95 Å². The van der Waals surface area contributed by atoms with Gasteiger partial charge in [0.05, 0.1) is 18.5 Å². The van der Waals surface area contributed by atoms with E-state index in [0.717, 1.165) is 11.3 Å². The molecule has 0 saturated heterocycles. The molecule has 3 aromatic carbocycles. The molecule has 36 heavy (non-hydrogen) atoms. The van der Waals surface area contributed by atoms with E-state index in [1.807, 2.05) is 49.5 Å². The summed E-state index contributed by atoms with van der Waals surface area (Å²) in [6.07, 6.45) is 1.82. The summed E-state index contributed by atoms with van der Waals surface area (Å²) in [5.74, 6) is 0.337. The van der Waals surface area contributed by atoms with Crippen molar-refractivity contribution in [3.05, 3.63) is 94.6 Å². The summed E-state index contributed by atoms with van der Waals surface area (Å²) in [6, 6.07) is 21.2. The second-order valence-electron chi connectivity index (χ2n) is 7.90. The number of nitrogens with zero attached hydrogens (tertiary/aromatic N) is 3. The first-order valence-corrected chi connectivity index (χ1v) is 12.0. The van der Waals surface area contributed by atoms with Crippen molar-refractivity contribution in [1.82, 2.24) is 14.5 Å². The Hall–Kier alpha value is -3.81. The van der Waals surface area contributed by atoms with Gasteiger partial charge in [-0.25, -0.2) is 4.98 Å². The van der Waals surface area contributed by atoms with Crippen molar-refractivity contribution in [1.29, 1.82) is 0 Å². The number of imidazole rings is 1. The topological polar surface area (TPSA) is 76.5 Å². The number of likely N-dealkylation sites (N-methyl/N-ethyl adjacent to an activating group) is 1. The van der Waals surface area contributed by atoms with Crippen LogP contribution in [-0.4, -0.2) is 46.5 Å². The van der Waals surface area contributed by atoms with Crippen LogP contribution in [-0.2, 0) is 4.79 Å². The maximum absolute atomic E-state index is 13.0. The molecule has 1 aromatic heterocycles. The molecule has 0 saturated carbocycles. The molecule has 4 aromatic rings. The van der Waals surface area contributed by atoms with Gasteiger partial charge in [0.25, 0.3) is 5.91 Å². The molecular weight excluding hydrogens is 499 g/mol. The van der Waals surface area contributed by atoms with Gasteiger partial charge in [0.1, 0.15) is 12.3 Å². The monoisotopic (exact) mass is 522 g/mol. The maximum atomic E-state index is 13.0. The van der Waals surface area contributed by atoms with E-state index in [4.69, 9.17) is 27.9 Å². The maximum Gasteiger partial charge on any atom is 0.254 e. The average Bonchev–Trinajstić information content (AvgIpc) is 3.31. The minimum absolute atomic E-state index is 0.140. The third-order valence-electron chi connectivity index (χ3n) is 5.52. The fraction of sp³-hybridized carbons (Fsp3) is 0.148. The van der Waals surface area contributed by atoms with Crippen molar-refractivity contribution in [3.63, 3.8) is 0 Å². The SMILES string of the molecule is CCN(CC(=O)Nc1nc(-c2ccc(Cl)cc2)cn1-c1cccc(OC)c1)C(=O)c1ccc(Cl)cc1. The molecule has 0 radical (unpaired) electrons. The molecule has 184 valence electrons. The molecule has 0 unspecified atom stereocenters. The summed E-state index contributed by atoms with van der Waals surface area (Å²) >= 11 is 12.0. The lowest BCUT2D eigenvalue weighted by atomic mass is 10.2. The third-order valence-corrected chi connectivity index (χ3v) is 6.03. The van der Waals surface area contributed by atoms with Gasteiger partial charge in [-0.05, 0) is 55.5 Å². The van der Waals surface area contributed by atoms with Crippen LogP contribution in [0.25, 0.3) is 16.9 Å². The first-order chi connectivity index (χ1) is 17.4. The first kappa shape index (κ1) is 25.3. The molecule has 7 nitrogen and oxygen atoms in total. The zero-order chi connectivity index (χ0) is 25.7. The molecule has 4 rings (SSSR count). The second kappa shape index (κ2) is 11.3. The zero-order valence-corrected chi connectivity index (χ0v) is 21.3. The third kappa shape index (κ3) is 5.87. The van der Waals surface area contributed by atoms with Crippen molar-refractivity contribution in [2.45, 2.75) is 6.92 Å². The lowest BCUT2D eigenvalue weighted by molar-refractivity contribution is -0.116. The van der Waals surface area contributed by atoms with Gasteiger partial charge >= 0.3 is 0 Å². The molecule has 0 atom stereocenters. The van der Waals surface area contributed by atoms with Gasteiger partial charge in [-0.15, -0.1) is 0 Å². The zero-order valence-electron chi connectivity index (χ0n) is 19.7. The largest absolute Gasteiger partial charge is 0.497 e. The summed E-state index contributed by atoms with van der Waals surface area (Å²) in [5.41, 5.74) is 2.69. The fourth-order valence-corrected chi connectivity index (χ4v) is 3.88. The Labute approximate surface area is 219 Å². The minimum Gasteiger partial charge on any atom is -0.497 e. The number of rotatable bonds is 8. The summed E-state index contributed by atoms with van der Waals surface area (Å²) in [4.78, 5) is 32.1. The second-order valence-corrected chi connectivity index (χ2v) is 8.78. The molecule has 0 aliphatic heterocycles. The number of hydrogen-bond donors (Lipinski definition) is 1. The van der Waals surface area contributed by atoms with E-state index in [-0.39, 0.29) is 18.4 Å². The Morgan fingerprint density at radius 3 is 2.31 bits per heavy atom. The number of carbonyl (C=O) groups excluding carboxylic acids is 2. The van der Waals surface area contributed by atoms with Crippen LogP contribution < -0.4 is 10.1 Å². The predicted octanol–water partition coefficient (Wildman–Crippen LogP) is 5.96. The lowest BCUT2D eigenvalue weighted by Gasteiger charge is -2.20. The van der Waals surface area contributed by atoms with E-state index in [9.17, 15) is 9.59 Å². The minimum atomic E-state index is -0.378. The highest BCUT2D eigenvalue weighted by Crippen LogP contribution is 2.27. The number of methoxy groups -OCH3 is 1. The number of halogens is 2. The fourth-order valence-electron chi connectivity index (χ4n) is 3.63. The number of benzene rings is 3. The quantitative estimate of drug-likeness (QED) is 0.310. The van der Waals surface area contributed by atoms with Crippen molar-refractivity contribution >= 4 is 41.0 Å². The summed E-state index contributed by atoms with van der Waals surface area (Å²) in [5, 5.41) is 4.01. The van der Waals surface area contributed by atoms with E-state index in [0.29, 0.717) is 39.5 Å². The van der Waals surface area contributed by atoms with Crippen molar-refractivity contribution < 1.29 is 14.3 Å². The van der Waals surface area contributed by atoms with Crippen LogP contribution in [0.2, 0.25) is 10.0 Å². The Morgan fingerprint density at radius 1 is 1.00 bits per heavy atom. The Morgan fingerprint density at radius 2 is 1.67 bits per heavy atom. The molecule has 0 fully saturated rings. The van der Waals surface area contributed by atoms with Crippen molar-refractivity contribution in [3.8, 4) is 22.7 Å². The molecular formula is C27H24Cl2N4O3. The van der Waals surface area contributed by atoms with Gasteiger partial charge in [-0.1, -0.05) is 41.4 Å². The number of nitrogens with one attached hydrogen (secondary N) is 1. The highest BCUT2D eigenvalue weighted by Gasteiger charge is 2.20. The molecule has 0 aliphatic rings. The molecule has 0 bridgehead atoms. The van der Waals surface area contributed by atoms with Crippen LogP contribution in [0.5, 0.6) is 5.75 Å². The van der Waals surface area contributed by atoms with E-state index in [2.05, 4.69) is 10.3 Å². The molecule has 2 amide bonds. The number of amides is 2. The number of anilines is 1. The Balaban J connectivity index is 1.61. The summed E-state index contributed by atoms with van der Waals surface area (Å²) in [7, 11) is 1.59. The Bertz CT molecular complexity index is 1370. The number of hydrogen-bond acceptors (Lipinski definition) is 4. The molecule has 0 aliphatic carbocycles. The number of ether oxygens (including phenoxy) is 1. The standard InChI is InChI=1S/C27H24Cl2N4O3/c1-3-32(26(35)19-9-13-21(29)14-10-19)17-25(34)31-27-30-24(18-7-11-20(28)12-8-18)16-33(27)22-5-4-6-23(15-22)36-2/h4-16H,3,17H2,1-2H3,(H,30,31,34). The molecule has 9 heteroatoms. The van der Waals surface area contributed by atoms with Crippen LogP contribution in [0.15, 0.2) is 79.0 Å². The predicted molar refractivity (Wildman–Crippen MR) is 142 cm³/mol. The first-order valence-electron chi connectivity index (χ1n) is 11.2. The lowest BCUT2D eigenvalue weighted by Crippen LogP contribution is -2.38. The van der Waals surface area contributed by atoms with Gasteiger partial charge in [0, 0.05) is 40.0 Å². The van der Waals surface area contributed by atoms with Gasteiger partial charge in [0.15, 0.2) is 0 Å². The van der Waals surface area contributed by atoms with Gasteiger partial charge < -0.3 is 9.64 Å². The summed E-state index contributed by atoms with van der Waals surface area (Å²) < 4.78 is 7.12. The highest BCUT2D eigenvalue weighted by atomic mass is 35.5. The van der Waals surface area contributed by atoms with E-state index in [1.54, 1.807) is 48.1 Å². The van der Waals surface area contributed by atoms with Gasteiger partial charge in [0.2, 0.25) is 11.9 Å². The smallest absolute Gasteiger partial charge is 0.254 e. The summed E-state index contributed by atoms with van der Waals surface area (Å²) in [6.45, 7) is 2.03. The number of aromatic nitrogens is 2. The number of carbonyl (C=O) groups is 2. The highest BCUT2D eigenvalue weighted by molar-refractivity contribution is 6.31. The van der Waals surface area contributed by atoms with Crippen LogP contribution in [0.3, 0.4) is 0 Å². The molecule has 0 spiro atoms. The van der Waals surface area contributed by atoms with Crippen LogP contribution in [0, 0.1) is 0 Å². The van der Waals surface area contributed by atoms with Gasteiger partial charge in [-0.3, -0.25) is 19.5 Å². The van der Waals surface area contributed by atoms with E-state index >= 15 is 0 Å². The van der Waals surface area contributed by atoms with Crippen LogP contribution in [0.1, 0.15) is 17.3 Å². The Kier molecular flexibility index (Phi) is 7.93.